The van der Waals surface area contributed by atoms with E-state index in [-0.39, 0.29) is 10.8 Å². The summed E-state index contributed by atoms with van der Waals surface area (Å²) in [4.78, 5) is 4.39. The second-order valence-corrected chi connectivity index (χ2v) is 7.26. The number of nitrogens with zero attached hydrogens (tertiary/aromatic N) is 2. The van der Waals surface area contributed by atoms with E-state index in [0.29, 0.717) is 5.82 Å². The fraction of sp³-hybridized carbons (Fsp3) is 0.250. The van der Waals surface area contributed by atoms with Gasteiger partial charge in [-0.2, -0.15) is 0 Å². The van der Waals surface area contributed by atoms with E-state index in [1.165, 1.54) is 16.4 Å². The predicted octanol–water partition coefficient (Wildman–Crippen LogP) is 2.85. The second kappa shape index (κ2) is 5.00. The van der Waals surface area contributed by atoms with Gasteiger partial charge in [0.25, 0.3) is 10.0 Å². The van der Waals surface area contributed by atoms with Crippen molar-refractivity contribution in [3.63, 3.8) is 0 Å². The first-order valence-corrected chi connectivity index (χ1v) is 7.99. The second-order valence-electron chi connectivity index (χ2n) is 4.19. The SMILES string of the molecule is CC(C)c1nccn1S(=O)(=O)c1ccc(I)cc1. The van der Waals surface area contributed by atoms with Crippen LogP contribution in [0.2, 0.25) is 0 Å². The van der Waals surface area contributed by atoms with Crippen molar-refractivity contribution in [1.82, 2.24) is 8.96 Å². The highest BCUT2D eigenvalue weighted by Crippen LogP contribution is 2.20. The van der Waals surface area contributed by atoms with Crippen molar-refractivity contribution in [2.45, 2.75) is 24.7 Å². The van der Waals surface area contributed by atoms with Crippen LogP contribution in [-0.4, -0.2) is 17.4 Å². The van der Waals surface area contributed by atoms with Crippen LogP contribution in [0.25, 0.3) is 0 Å². The number of benzene rings is 1. The predicted molar refractivity (Wildman–Crippen MR) is 78.1 cm³/mol. The summed E-state index contributed by atoms with van der Waals surface area (Å²) in [5.41, 5.74) is 0. The van der Waals surface area contributed by atoms with Crippen LogP contribution in [-0.2, 0) is 10.0 Å². The molecule has 0 saturated carbocycles. The molecular weight excluding hydrogens is 363 g/mol. The molecule has 0 N–H and O–H groups in total. The number of halogens is 1. The van der Waals surface area contributed by atoms with Crippen molar-refractivity contribution >= 4 is 32.6 Å². The molecule has 1 aromatic carbocycles. The molecule has 0 saturated heterocycles. The van der Waals surface area contributed by atoms with E-state index < -0.39 is 10.0 Å². The maximum Gasteiger partial charge on any atom is 0.269 e. The Kier molecular flexibility index (Phi) is 3.76. The summed E-state index contributed by atoms with van der Waals surface area (Å²) in [6, 6.07) is 6.78. The van der Waals surface area contributed by atoms with Crippen LogP contribution in [0.4, 0.5) is 0 Å². The van der Waals surface area contributed by atoms with Gasteiger partial charge in [0, 0.05) is 21.9 Å². The average Bonchev–Trinajstić information content (AvgIpc) is 2.79. The maximum atomic E-state index is 12.5. The largest absolute Gasteiger partial charge is 0.269 e. The quantitative estimate of drug-likeness (QED) is 0.775. The van der Waals surface area contributed by atoms with Crippen LogP contribution >= 0.6 is 22.6 Å². The zero-order valence-electron chi connectivity index (χ0n) is 10.0. The highest BCUT2D eigenvalue weighted by atomic mass is 127. The summed E-state index contributed by atoms with van der Waals surface area (Å²) < 4.78 is 27.2. The van der Waals surface area contributed by atoms with Gasteiger partial charge in [-0.05, 0) is 46.9 Å². The molecule has 0 unspecified atom stereocenters. The lowest BCUT2D eigenvalue weighted by molar-refractivity contribution is 0.581. The average molecular weight is 376 g/mol. The molecule has 2 aromatic rings. The van der Waals surface area contributed by atoms with Gasteiger partial charge in [0.1, 0.15) is 5.82 Å². The summed E-state index contributed by atoms with van der Waals surface area (Å²) in [6.45, 7) is 3.84. The Hall–Kier alpha value is -0.890. The number of hydrogen-bond donors (Lipinski definition) is 0. The van der Waals surface area contributed by atoms with Gasteiger partial charge < -0.3 is 0 Å². The minimum atomic E-state index is -3.54. The molecule has 1 aromatic heterocycles. The van der Waals surface area contributed by atoms with Gasteiger partial charge in [-0.3, -0.25) is 0 Å². The van der Waals surface area contributed by atoms with Crippen LogP contribution in [0.3, 0.4) is 0 Å². The Morgan fingerprint density at radius 2 is 1.83 bits per heavy atom. The number of aromatic nitrogens is 2. The van der Waals surface area contributed by atoms with Crippen LogP contribution in [0, 0.1) is 3.57 Å². The summed E-state index contributed by atoms with van der Waals surface area (Å²) in [6.07, 6.45) is 3.00. The highest BCUT2D eigenvalue weighted by Gasteiger charge is 2.21. The van der Waals surface area contributed by atoms with E-state index in [1.807, 2.05) is 13.8 Å². The summed E-state index contributed by atoms with van der Waals surface area (Å²) in [5.74, 6) is 0.604. The molecule has 96 valence electrons. The van der Waals surface area contributed by atoms with Crippen LogP contribution in [0.15, 0.2) is 41.6 Å². The Bertz CT molecular complexity index is 645. The standard InChI is InChI=1S/C12H13IN2O2S/c1-9(2)12-14-7-8-15(12)18(16,17)11-5-3-10(13)4-6-11/h3-9H,1-2H3. The third-order valence-electron chi connectivity index (χ3n) is 2.52. The minimum absolute atomic E-state index is 0.0543. The molecule has 0 amide bonds. The van der Waals surface area contributed by atoms with E-state index in [9.17, 15) is 8.42 Å². The molecule has 0 aliphatic rings. The summed E-state index contributed by atoms with van der Waals surface area (Å²) in [5, 5.41) is 0. The van der Waals surface area contributed by atoms with Crippen molar-refractivity contribution in [1.29, 1.82) is 0 Å². The first-order chi connectivity index (χ1) is 8.43. The number of imidazole rings is 1. The van der Waals surface area contributed by atoms with Crippen LogP contribution in [0.1, 0.15) is 25.6 Å². The zero-order chi connectivity index (χ0) is 13.3. The Labute approximate surface area is 120 Å². The topological polar surface area (TPSA) is 52.0 Å². The molecular formula is C12H13IN2O2S. The molecule has 0 aliphatic carbocycles. The highest BCUT2D eigenvalue weighted by molar-refractivity contribution is 14.1. The van der Waals surface area contributed by atoms with Gasteiger partial charge in [-0.1, -0.05) is 13.8 Å². The monoisotopic (exact) mass is 376 g/mol. The third-order valence-corrected chi connectivity index (χ3v) is 4.94. The third kappa shape index (κ3) is 2.44. The molecule has 1 heterocycles. The minimum Gasteiger partial charge on any atom is -0.240 e. The molecule has 18 heavy (non-hydrogen) atoms. The summed E-state index contributed by atoms with van der Waals surface area (Å²) in [7, 11) is -3.54. The lowest BCUT2D eigenvalue weighted by Gasteiger charge is -2.11. The van der Waals surface area contributed by atoms with Gasteiger partial charge in [-0.15, -0.1) is 0 Å². The lowest BCUT2D eigenvalue weighted by Crippen LogP contribution is -2.16. The normalized spacial score (nSPS) is 12.0. The van der Waals surface area contributed by atoms with Crippen molar-refractivity contribution in [3.05, 3.63) is 46.1 Å². The zero-order valence-corrected chi connectivity index (χ0v) is 13.0. The number of hydrogen-bond acceptors (Lipinski definition) is 3. The summed E-state index contributed by atoms with van der Waals surface area (Å²) >= 11 is 2.14. The first kappa shape index (κ1) is 13.5. The molecule has 0 aliphatic heterocycles. The van der Waals surface area contributed by atoms with E-state index in [1.54, 1.807) is 24.3 Å². The van der Waals surface area contributed by atoms with Gasteiger partial charge in [0.05, 0.1) is 4.90 Å². The van der Waals surface area contributed by atoms with E-state index in [4.69, 9.17) is 0 Å². The van der Waals surface area contributed by atoms with Crippen molar-refractivity contribution in [3.8, 4) is 0 Å². The van der Waals surface area contributed by atoms with Gasteiger partial charge in [0.2, 0.25) is 0 Å². The Morgan fingerprint density at radius 1 is 1.22 bits per heavy atom. The molecule has 0 bridgehead atoms. The van der Waals surface area contributed by atoms with Crippen LogP contribution in [0.5, 0.6) is 0 Å². The van der Waals surface area contributed by atoms with Crippen molar-refractivity contribution in [2.75, 3.05) is 0 Å². The first-order valence-electron chi connectivity index (χ1n) is 5.47. The molecule has 0 spiro atoms. The fourth-order valence-electron chi connectivity index (χ4n) is 1.63. The van der Waals surface area contributed by atoms with Crippen LogP contribution < -0.4 is 0 Å². The van der Waals surface area contributed by atoms with Crippen molar-refractivity contribution in [2.24, 2.45) is 0 Å². The molecule has 6 heteroatoms. The molecule has 2 rings (SSSR count). The molecule has 0 radical (unpaired) electrons. The maximum absolute atomic E-state index is 12.5. The molecule has 0 atom stereocenters. The number of rotatable bonds is 3. The Balaban J connectivity index is 2.55. The fourth-order valence-corrected chi connectivity index (χ4v) is 3.42. The molecule has 4 nitrogen and oxygen atoms in total. The van der Waals surface area contributed by atoms with Gasteiger partial charge in [0.15, 0.2) is 0 Å². The van der Waals surface area contributed by atoms with Crippen molar-refractivity contribution < 1.29 is 8.42 Å². The van der Waals surface area contributed by atoms with E-state index in [2.05, 4.69) is 27.6 Å². The lowest BCUT2D eigenvalue weighted by atomic mass is 10.2. The van der Waals surface area contributed by atoms with Gasteiger partial charge in [-0.25, -0.2) is 17.4 Å². The molecule has 0 fully saturated rings. The van der Waals surface area contributed by atoms with E-state index >= 15 is 0 Å². The van der Waals surface area contributed by atoms with Gasteiger partial charge >= 0.3 is 0 Å². The Morgan fingerprint density at radius 3 is 2.39 bits per heavy atom. The van der Waals surface area contributed by atoms with E-state index in [0.717, 1.165) is 3.57 Å². The smallest absolute Gasteiger partial charge is 0.240 e.